The van der Waals surface area contributed by atoms with Gasteiger partial charge in [-0.15, -0.1) is 0 Å². The quantitative estimate of drug-likeness (QED) is 0.822. The highest BCUT2D eigenvalue weighted by Gasteiger charge is 2.43. The Balaban J connectivity index is 1.51. The maximum Gasteiger partial charge on any atom is 0.222 e. The second-order valence-corrected chi connectivity index (χ2v) is 8.85. The molecule has 5 heteroatoms. The van der Waals surface area contributed by atoms with Crippen molar-refractivity contribution in [3.63, 3.8) is 0 Å². The number of hydrogen-bond donors (Lipinski definition) is 2. The van der Waals surface area contributed by atoms with Crippen molar-refractivity contribution in [1.82, 2.24) is 15.3 Å². The summed E-state index contributed by atoms with van der Waals surface area (Å²) in [6, 6.07) is 0. The molecule has 25 heavy (non-hydrogen) atoms. The molecule has 4 aliphatic rings. The minimum atomic E-state index is 0.310. The molecule has 1 aromatic heterocycles. The zero-order chi connectivity index (χ0) is 16.9. The van der Waals surface area contributed by atoms with Gasteiger partial charge in [0.25, 0.3) is 0 Å². The van der Waals surface area contributed by atoms with E-state index in [2.05, 4.69) is 10.2 Å². The molecule has 0 radical (unpaired) electrons. The van der Waals surface area contributed by atoms with E-state index in [-0.39, 0.29) is 0 Å². The average Bonchev–Trinajstić information content (AvgIpc) is 3.18. The third-order valence-corrected chi connectivity index (χ3v) is 7.36. The number of fused-ring (bicyclic) bond motifs is 3. The minimum Gasteiger partial charge on any atom is -0.368 e. The molecule has 5 rings (SSSR count). The molecule has 2 unspecified atom stereocenters. The normalized spacial score (nSPS) is 31.0. The summed E-state index contributed by atoms with van der Waals surface area (Å²) in [5.41, 5.74) is 9.28. The Hall–Kier alpha value is -1.36. The van der Waals surface area contributed by atoms with Gasteiger partial charge in [0.15, 0.2) is 0 Å². The van der Waals surface area contributed by atoms with E-state index in [0.717, 1.165) is 37.9 Å². The predicted octanol–water partition coefficient (Wildman–Crippen LogP) is 2.64. The van der Waals surface area contributed by atoms with E-state index in [1.54, 1.807) is 0 Å². The van der Waals surface area contributed by atoms with Crippen LogP contribution in [0.15, 0.2) is 0 Å². The van der Waals surface area contributed by atoms with Crippen LogP contribution in [0.1, 0.15) is 62.6 Å². The molecule has 2 aliphatic heterocycles. The Kier molecular flexibility index (Phi) is 3.88. The van der Waals surface area contributed by atoms with Crippen molar-refractivity contribution in [2.24, 2.45) is 11.8 Å². The third-order valence-electron chi connectivity index (χ3n) is 7.36. The molecule has 3 fully saturated rings. The third kappa shape index (κ3) is 2.62. The molecule has 3 N–H and O–H groups in total. The summed E-state index contributed by atoms with van der Waals surface area (Å²) >= 11 is 0. The van der Waals surface area contributed by atoms with E-state index in [1.807, 2.05) is 0 Å². The van der Waals surface area contributed by atoms with Crippen molar-refractivity contribution in [3.05, 3.63) is 11.3 Å². The molecule has 1 spiro atoms. The van der Waals surface area contributed by atoms with Gasteiger partial charge in [-0.25, -0.2) is 4.98 Å². The van der Waals surface area contributed by atoms with Gasteiger partial charge in [0.1, 0.15) is 5.82 Å². The van der Waals surface area contributed by atoms with Gasteiger partial charge in [-0.3, -0.25) is 0 Å². The number of hydrogen-bond acceptors (Lipinski definition) is 5. The van der Waals surface area contributed by atoms with Gasteiger partial charge in [0.2, 0.25) is 5.95 Å². The average molecular weight is 342 g/mol. The molecule has 1 saturated carbocycles. The Morgan fingerprint density at radius 3 is 2.68 bits per heavy atom. The van der Waals surface area contributed by atoms with Crippen LogP contribution in [0.3, 0.4) is 0 Å². The molecule has 1 aromatic rings. The first-order valence-corrected chi connectivity index (χ1v) is 10.4. The summed E-state index contributed by atoms with van der Waals surface area (Å²) in [6.45, 7) is 4.63. The number of rotatable bonds is 1. The van der Waals surface area contributed by atoms with Crippen LogP contribution < -0.4 is 16.0 Å². The Bertz CT molecular complexity index is 638. The lowest BCUT2D eigenvalue weighted by Crippen LogP contribution is -2.33. The number of anilines is 2. The van der Waals surface area contributed by atoms with Crippen molar-refractivity contribution in [2.75, 3.05) is 36.8 Å². The van der Waals surface area contributed by atoms with Gasteiger partial charge in [-0.1, -0.05) is 12.8 Å². The molecule has 0 amide bonds. The van der Waals surface area contributed by atoms with Crippen LogP contribution >= 0.6 is 0 Å². The van der Waals surface area contributed by atoms with Crippen molar-refractivity contribution in [2.45, 2.75) is 63.2 Å². The first-order chi connectivity index (χ1) is 12.3. The standard InChI is InChI=1S/C20H31N5/c21-19-23-17-16(6-3-9-20(17)7-1-2-8-20)18(24-19)25-12-14-5-4-10-22-11-15(14)13-25/h14-15,22H,1-13H2,(H2,21,23,24). The molecular formula is C20H31N5. The molecule has 2 aliphatic carbocycles. The summed E-state index contributed by atoms with van der Waals surface area (Å²) in [6.07, 6.45) is 11.7. The van der Waals surface area contributed by atoms with Crippen LogP contribution in [-0.4, -0.2) is 36.1 Å². The van der Waals surface area contributed by atoms with E-state index in [4.69, 9.17) is 15.7 Å². The molecule has 2 saturated heterocycles. The van der Waals surface area contributed by atoms with Gasteiger partial charge >= 0.3 is 0 Å². The minimum absolute atomic E-state index is 0.310. The van der Waals surface area contributed by atoms with E-state index in [0.29, 0.717) is 11.4 Å². The first-order valence-electron chi connectivity index (χ1n) is 10.4. The topological polar surface area (TPSA) is 67.1 Å². The molecule has 5 nitrogen and oxygen atoms in total. The van der Waals surface area contributed by atoms with Crippen LogP contribution in [0.2, 0.25) is 0 Å². The molecule has 2 atom stereocenters. The fourth-order valence-electron chi connectivity index (χ4n) is 6.13. The highest BCUT2D eigenvalue weighted by Crippen LogP contribution is 2.50. The van der Waals surface area contributed by atoms with Crippen molar-refractivity contribution < 1.29 is 0 Å². The Morgan fingerprint density at radius 1 is 1.00 bits per heavy atom. The summed E-state index contributed by atoms with van der Waals surface area (Å²) in [7, 11) is 0. The van der Waals surface area contributed by atoms with E-state index in [1.165, 1.54) is 75.0 Å². The zero-order valence-electron chi connectivity index (χ0n) is 15.3. The smallest absolute Gasteiger partial charge is 0.222 e. The maximum absolute atomic E-state index is 6.21. The van der Waals surface area contributed by atoms with Gasteiger partial charge in [0.05, 0.1) is 5.69 Å². The van der Waals surface area contributed by atoms with Gasteiger partial charge in [0, 0.05) is 24.1 Å². The fourth-order valence-corrected chi connectivity index (χ4v) is 6.13. The Labute approximate surface area is 150 Å². The lowest BCUT2D eigenvalue weighted by Gasteiger charge is -2.36. The van der Waals surface area contributed by atoms with Crippen molar-refractivity contribution >= 4 is 11.8 Å². The van der Waals surface area contributed by atoms with Crippen molar-refractivity contribution in [1.29, 1.82) is 0 Å². The number of nitrogens with zero attached hydrogens (tertiary/aromatic N) is 3. The van der Waals surface area contributed by atoms with Gasteiger partial charge in [-0.05, 0) is 69.9 Å². The summed E-state index contributed by atoms with van der Waals surface area (Å²) < 4.78 is 0. The van der Waals surface area contributed by atoms with Gasteiger partial charge < -0.3 is 16.0 Å². The molecular weight excluding hydrogens is 310 g/mol. The molecule has 0 aromatic carbocycles. The lowest BCUT2D eigenvalue weighted by molar-refractivity contribution is 0.357. The second-order valence-electron chi connectivity index (χ2n) is 8.85. The molecule has 136 valence electrons. The summed E-state index contributed by atoms with van der Waals surface area (Å²) in [5, 5.41) is 3.62. The van der Waals surface area contributed by atoms with Crippen LogP contribution in [-0.2, 0) is 11.8 Å². The number of nitrogens with one attached hydrogen (secondary N) is 1. The van der Waals surface area contributed by atoms with Crippen LogP contribution in [0.5, 0.6) is 0 Å². The van der Waals surface area contributed by atoms with Gasteiger partial charge in [-0.2, -0.15) is 4.98 Å². The van der Waals surface area contributed by atoms with Crippen LogP contribution in [0.25, 0.3) is 0 Å². The second kappa shape index (κ2) is 6.11. The first kappa shape index (κ1) is 15.9. The fraction of sp³-hybridized carbons (Fsp3) is 0.800. The summed E-state index contributed by atoms with van der Waals surface area (Å²) in [5.74, 6) is 3.25. The molecule has 0 bridgehead atoms. The summed E-state index contributed by atoms with van der Waals surface area (Å²) in [4.78, 5) is 12.1. The lowest BCUT2D eigenvalue weighted by atomic mass is 9.71. The van der Waals surface area contributed by atoms with E-state index in [9.17, 15) is 0 Å². The highest BCUT2D eigenvalue weighted by molar-refractivity contribution is 5.56. The predicted molar refractivity (Wildman–Crippen MR) is 101 cm³/mol. The monoisotopic (exact) mass is 341 g/mol. The number of aromatic nitrogens is 2. The van der Waals surface area contributed by atoms with E-state index < -0.39 is 0 Å². The number of nitrogen functional groups attached to an aromatic ring is 1. The maximum atomic E-state index is 6.21. The van der Waals surface area contributed by atoms with Crippen molar-refractivity contribution in [3.8, 4) is 0 Å². The molecule has 3 heterocycles. The Morgan fingerprint density at radius 2 is 1.80 bits per heavy atom. The zero-order valence-corrected chi connectivity index (χ0v) is 15.3. The van der Waals surface area contributed by atoms with E-state index >= 15 is 0 Å². The van der Waals surface area contributed by atoms with Crippen LogP contribution in [0, 0.1) is 11.8 Å². The number of nitrogens with two attached hydrogens (primary N) is 1. The largest absolute Gasteiger partial charge is 0.368 e. The highest BCUT2D eigenvalue weighted by atomic mass is 15.2. The van der Waals surface area contributed by atoms with Crippen LogP contribution in [0.4, 0.5) is 11.8 Å². The SMILES string of the molecule is Nc1nc(N2CC3CCCNCC3C2)c2c(n1)C1(CCCC1)CCC2.